The van der Waals surface area contributed by atoms with Crippen LogP contribution in [0.2, 0.25) is 0 Å². The number of Topliss-reactive ketones (excluding diaryl/α,β-unsaturated/α-hetero) is 1. The third-order valence-corrected chi connectivity index (χ3v) is 7.15. The minimum atomic E-state index is 0.372. The molecule has 3 fully saturated rings. The topological polar surface area (TPSA) is 49.3 Å². The Morgan fingerprint density at radius 3 is 2.27 bits per heavy atom. The highest BCUT2D eigenvalue weighted by Gasteiger charge is 2.48. The lowest BCUT2D eigenvalue weighted by Gasteiger charge is -2.53. The standard InChI is InChI=1S/C21H32N4O/c1-3-20-22-14-19(15-23-20)25-10-8-24(9-11-25)18-4-6-21(7-5-18)12-17(13-21)16(2)26/h14-15,17-18H,3-13H2,1-2H3. The Bertz CT molecular complexity index is 620. The van der Waals surface area contributed by atoms with E-state index in [0.29, 0.717) is 17.1 Å². The van der Waals surface area contributed by atoms with Gasteiger partial charge in [0.2, 0.25) is 0 Å². The fourth-order valence-corrected chi connectivity index (χ4v) is 5.30. The van der Waals surface area contributed by atoms with Crippen LogP contribution in [0, 0.1) is 11.3 Å². The van der Waals surface area contributed by atoms with Gasteiger partial charge < -0.3 is 4.90 Å². The molecule has 1 spiro atoms. The Kier molecular flexibility index (Phi) is 5.00. The molecule has 142 valence electrons. The van der Waals surface area contributed by atoms with Gasteiger partial charge in [-0.15, -0.1) is 0 Å². The molecule has 1 aromatic rings. The predicted octanol–water partition coefficient (Wildman–Crippen LogP) is 3.09. The molecule has 0 amide bonds. The highest BCUT2D eigenvalue weighted by Crippen LogP contribution is 2.55. The molecule has 2 aliphatic carbocycles. The van der Waals surface area contributed by atoms with Crippen LogP contribution >= 0.6 is 0 Å². The third-order valence-electron chi connectivity index (χ3n) is 7.15. The first-order valence-corrected chi connectivity index (χ1v) is 10.4. The molecule has 0 radical (unpaired) electrons. The van der Waals surface area contributed by atoms with Crippen molar-refractivity contribution in [3.63, 3.8) is 0 Å². The van der Waals surface area contributed by atoms with E-state index in [2.05, 4.69) is 26.7 Å². The molecule has 1 saturated heterocycles. The zero-order valence-electron chi connectivity index (χ0n) is 16.3. The molecule has 0 N–H and O–H groups in total. The quantitative estimate of drug-likeness (QED) is 0.830. The van der Waals surface area contributed by atoms with E-state index in [4.69, 9.17) is 0 Å². The van der Waals surface area contributed by atoms with Gasteiger partial charge in [-0.25, -0.2) is 9.97 Å². The number of piperazine rings is 1. The molecular weight excluding hydrogens is 324 g/mol. The van der Waals surface area contributed by atoms with Gasteiger partial charge in [0.25, 0.3) is 0 Å². The average Bonchev–Trinajstić information content (AvgIpc) is 2.66. The van der Waals surface area contributed by atoms with Crippen molar-refractivity contribution in [3.05, 3.63) is 18.2 Å². The van der Waals surface area contributed by atoms with Crippen molar-refractivity contribution >= 4 is 11.5 Å². The summed E-state index contributed by atoms with van der Waals surface area (Å²) in [7, 11) is 0. The van der Waals surface area contributed by atoms with Crippen LogP contribution in [0.4, 0.5) is 5.69 Å². The van der Waals surface area contributed by atoms with Crippen LogP contribution in [-0.2, 0) is 11.2 Å². The molecule has 0 aromatic carbocycles. The molecule has 3 aliphatic rings. The van der Waals surface area contributed by atoms with E-state index in [1.165, 1.54) is 25.7 Å². The van der Waals surface area contributed by atoms with Gasteiger partial charge in [0.1, 0.15) is 11.6 Å². The SMILES string of the molecule is CCc1ncc(N2CCN(C3CCC4(CC3)CC(C(C)=O)C4)CC2)cn1. The molecule has 1 aliphatic heterocycles. The van der Waals surface area contributed by atoms with Gasteiger partial charge in [0.15, 0.2) is 0 Å². The average molecular weight is 357 g/mol. The minimum Gasteiger partial charge on any atom is -0.366 e. The summed E-state index contributed by atoms with van der Waals surface area (Å²) in [4.78, 5) is 25.5. The summed E-state index contributed by atoms with van der Waals surface area (Å²) < 4.78 is 0. The predicted molar refractivity (Wildman–Crippen MR) is 103 cm³/mol. The number of carbonyl (C=O) groups excluding carboxylic acids is 1. The molecule has 0 unspecified atom stereocenters. The van der Waals surface area contributed by atoms with Gasteiger partial charge in [0, 0.05) is 44.6 Å². The van der Waals surface area contributed by atoms with Gasteiger partial charge in [0.05, 0.1) is 18.1 Å². The van der Waals surface area contributed by atoms with Crippen LogP contribution in [0.1, 0.15) is 58.2 Å². The largest absolute Gasteiger partial charge is 0.366 e. The van der Waals surface area contributed by atoms with Crippen molar-refractivity contribution < 1.29 is 4.79 Å². The summed E-state index contributed by atoms with van der Waals surface area (Å²) in [6.45, 7) is 8.29. The van der Waals surface area contributed by atoms with Gasteiger partial charge in [-0.3, -0.25) is 9.69 Å². The van der Waals surface area contributed by atoms with E-state index >= 15 is 0 Å². The van der Waals surface area contributed by atoms with Crippen LogP contribution in [0.5, 0.6) is 0 Å². The number of aromatic nitrogens is 2. The van der Waals surface area contributed by atoms with Crippen molar-refractivity contribution in [1.29, 1.82) is 0 Å². The van der Waals surface area contributed by atoms with E-state index in [1.54, 1.807) is 6.92 Å². The van der Waals surface area contributed by atoms with Crippen molar-refractivity contribution in [1.82, 2.24) is 14.9 Å². The fourth-order valence-electron chi connectivity index (χ4n) is 5.30. The molecule has 4 rings (SSSR count). The summed E-state index contributed by atoms with van der Waals surface area (Å²) in [6.07, 6.45) is 12.5. The molecular formula is C21H32N4O. The van der Waals surface area contributed by atoms with Crippen molar-refractivity contribution in [2.24, 2.45) is 11.3 Å². The lowest BCUT2D eigenvalue weighted by atomic mass is 9.54. The number of rotatable bonds is 4. The normalized spacial score (nSPS) is 32.5. The Morgan fingerprint density at radius 1 is 1.12 bits per heavy atom. The number of anilines is 1. The maximum absolute atomic E-state index is 11.5. The van der Waals surface area contributed by atoms with Gasteiger partial charge >= 0.3 is 0 Å². The highest BCUT2D eigenvalue weighted by atomic mass is 16.1. The summed E-state index contributed by atoms with van der Waals surface area (Å²) in [5.74, 6) is 1.70. The highest BCUT2D eigenvalue weighted by molar-refractivity contribution is 5.79. The molecule has 26 heavy (non-hydrogen) atoms. The number of nitrogens with zero attached hydrogens (tertiary/aromatic N) is 4. The maximum atomic E-state index is 11.5. The molecule has 2 heterocycles. The molecule has 5 nitrogen and oxygen atoms in total. The lowest BCUT2D eigenvalue weighted by Crippen LogP contribution is -2.53. The lowest BCUT2D eigenvalue weighted by molar-refractivity contribution is -0.130. The first-order valence-electron chi connectivity index (χ1n) is 10.4. The Balaban J connectivity index is 1.25. The minimum absolute atomic E-state index is 0.372. The van der Waals surface area contributed by atoms with Gasteiger partial charge in [-0.2, -0.15) is 0 Å². The number of aryl methyl sites for hydroxylation is 1. The van der Waals surface area contributed by atoms with E-state index in [-0.39, 0.29) is 0 Å². The molecule has 0 atom stereocenters. The van der Waals surface area contributed by atoms with Gasteiger partial charge in [-0.05, 0) is 50.9 Å². The molecule has 2 saturated carbocycles. The Hall–Kier alpha value is -1.49. The van der Waals surface area contributed by atoms with Crippen LogP contribution < -0.4 is 4.90 Å². The second-order valence-corrected chi connectivity index (χ2v) is 8.68. The third kappa shape index (κ3) is 3.51. The van der Waals surface area contributed by atoms with Crippen LogP contribution in [0.25, 0.3) is 0 Å². The van der Waals surface area contributed by atoms with Crippen molar-refractivity contribution in [2.75, 3.05) is 31.1 Å². The number of hydrogen-bond donors (Lipinski definition) is 0. The molecule has 0 bridgehead atoms. The Labute approximate surface area is 157 Å². The van der Waals surface area contributed by atoms with Crippen molar-refractivity contribution in [2.45, 2.75) is 64.8 Å². The monoisotopic (exact) mass is 356 g/mol. The van der Waals surface area contributed by atoms with Crippen molar-refractivity contribution in [3.8, 4) is 0 Å². The summed E-state index contributed by atoms with van der Waals surface area (Å²) in [5.41, 5.74) is 1.68. The van der Waals surface area contributed by atoms with E-state index in [0.717, 1.165) is 63.0 Å². The van der Waals surface area contributed by atoms with Crippen LogP contribution in [0.3, 0.4) is 0 Å². The second-order valence-electron chi connectivity index (χ2n) is 8.68. The first-order chi connectivity index (χ1) is 12.6. The van der Waals surface area contributed by atoms with E-state index in [1.807, 2.05) is 12.4 Å². The zero-order chi connectivity index (χ0) is 18.1. The number of hydrogen-bond acceptors (Lipinski definition) is 5. The number of carbonyl (C=O) groups is 1. The summed E-state index contributed by atoms with van der Waals surface area (Å²) >= 11 is 0. The van der Waals surface area contributed by atoms with Gasteiger partial charge in [-0.1, -0.05) is 6.92 Å². The first kappa shape index (κ1) is 17.9. The smallest absolute Gasteiger partial charge is 0.132 e. The van der Waals surface area contributed by atoms with Crippen LogP contribution in [0.15, 0.2) is 12.4 Å². The van der Waals surface area contributed by atoms with Crippen LogP contribution in [-0.4, -0.2) is 52.9 Å². The molecule has 5 heteroatoms. The summed E-state index contributed by atoms with van der Waals surface area (Å²) in [5, 5.41) is 0. The molecule has 1 aromatic heterocycles. The Morgan fingerprint density at radius 2 is 1.73 bits per heavy atom. The zero-order valence-corrected chi connectivity index (χ0v) is 16.3. The summed E-state index contributed by atoms with van der Waals surface area (Å²) in [6, 6.07) is 0.748. The van der Waals surface area contributed by atoms with E-state index in [9.17, 15) is 4.79 Å². The number of ketones is 1. The second kappa shape index (κ2) is 7.26. The van der Waals surface area contributed by atoms with E-state index < -0.39 is 0 Å². The fraction of sp³-hybridized carbons (Fsp3) is 0.762. The maximum Gasteiger partial charge on any atom is 0.132 e.